The van der Waals surface area contributed by atoms with Crippen LogP contribution in [0, 0.1) is 0 Å². The van der Waals surface area contributed by atoms with Gasteiger partial charge in [0.2, 0.25) is 0 Å². The van der Waals surface area contributed by atoms with Crippen molar-refractivity contribution in [3.8, 4) is 0 Å². The monoisotopic (exact) mass is 300 g/mol. The van der Waals surface area contributed by atoms with E-state index >= 15 is 0 Å². The molecule has 1 aromatic carbocycles. The third-order valence-electron chi connectivity index (χ3n) is 1.93. The van der Waals surface area contributed by atoms with Gasteiger partial charge in [0.05, 0.1) is 11.1 Å². The van der Waals surface area contributed by atoms with E-state index in [1.165, 1.54) is 0 Å². The number of ether oxygens (including phenoxy) is 1. The Hall–Kier alpha value is -1.14. The fourth-order valence-electron chi connectivity index (χ4n) is 1.09. The lowest BCUT2D eigenvalue weighted by Crippen LogP contribution is -2.11. The number of thiol groups is 1. The third kappa shape index (κ3) is 2.51. The first-order valence-electron chi connectivity index (χ1n) is 4.48. The number of rotatable bonds is 1. The van der Waals surface area contributed by atoms with E-state index in [0.29, 0.717) is 10.8 Å². The van der Waals surface area contributed by atoms with Gasteiger partial charge in [-0.3, -0.25) is 0 Å². The van der Waals surface area contributed by atoms with Crippen LogP contribution in [0.2, 0.25) is 0 Å². The zero-order chi connectivity index (χ0) is 11.5. The lowest BCUT2D eigenvalue weighted by atomic mass is 10.2. The molecule has 6 heteroatoms. The topological polar surface area (TPSA) is 51.0 Å². The molecule has 16 heavy (non-hydrogen) atoms. The van der Waals surface area contributed by atoms with Crippen LogP contribution in [0.4, 0.5) is 0 Å². The first-order chi connectivity index (χ1) is 7.66. The Morgan fingerprint density at radius 1 is 1.38 bits per heavy atom. The van der Waals surface area contributed by atoms with Crippen LogP contribution < -0.4 is 0 Å². The van der Waals surface area contributed by atoms with Gasteiger partial charge in [0, 0.05) is 4.47 Å². The molecule has 0 amide bonds. The van der Waals surface area contributed by atoms with E-state index < -0.39 is 16.9 Å². The molecule has 4 nitrogen and oxygen atoms in total. The molecule has 0 saturated heterocycles. The van der Waals surface area contributed by atoms with Crippen LogP contribution in [-0.2, 0) is 4.74 Å². The van der Waals surface area contributed by atoms with Crippen molar-refractivity contribution in [3.63, 3.8) is 0 Å². The molecule has 84 valence electrons. The summed E-state index contributed by atoms with van der Waals surface area (Å²) in [6.07, 6.45) is 1.93. The molecular weight excluding hydrogens is 292 g/mol. The highest BCUT2D eigenvalue weighted by Crippen LogP contribution is 2.25. The number of hydrogen-bond donors (Lipinski definition) is 1. The van der Waals surface area contributed by atoms with E-state index in [0.717, 1.165) is 4.47 Å². The molecule has 0 fully saturated rings. The van der Waals surface area contributed by atoms with Gasteiger partial charge in [-0.25, -0.2) is 4.79 Å². The molecule has 2 rings (SSSR count). The molecule has 0 aromatic heterocycles. The maximum absolute atomic E-state index is 11.7. The van der Waals surface area contributed by atoms with E-state index in [1.54, 1.807) is 29.8 Å². The molecule has 0 spiro atoms. The highest BCUT2D eigenvalue weighted by atomic mass is 79.9. The summed E-state index contributed by atoms with van der Waals surface area (Å²) in [6.45, 7) is 0. The SMILES string of the molecule is C[SH]1C=NN=C1OC(=O)c1ccc(Br)cc1. The summed E-state index contributed by atoms with van der Waals surface area (Å²) in [5.74, 6) is -0.397. The van der Waals surface area contributed by atoms with Crippen molar-refractivity contribution >= 4 is 43.6 Å². The summed E-state index contributed by atoms with van der Waals surface area (Å²) in [5, 5.41) is 7.88. The van der Waals surface area contributed by atoms with Crippen molar-refractivity contribution in [2.24, 2.45) is 10.2 Å². The molecule has 0 aliphatic carbocycles. The van der Waals surface area contributed by atoms with Crippen molar-refractivity contribution in [1.29, 1.82) is 0 Å². The average molecular weight is 301 g/mol. The quantitative estimate of drug-likeness (QED) is 0.640. The van der Waals surface area contributed by atoms with Gasteiger partial charge in [0.15, 0.2) is 0 Å². The Morgan fingerprint density at radius 3 is 2.62 bits per heavy atom. The predicted octanol–water partition coefficient (Wildman–Crippen LogP) is 2.55. The fraction of sp³-hybridized carbons (Fsp3) is 0.100. The number of carbonyl (C=O) groups excluding carboxylic acids is 1. The van der Waals surface area contributed by atoms with Crippen LogP contribution in [0.1, 0.15) is 10.4 Å². The van der Waals surface area contributed by atoms with Gasteiger partial charge in [-0.05, 0) is 30.5 Å². The van der Waals surface area contributed by atoms with Crippen molar-refractivity contribution in [1.82, 2.24) is 0 Å². The number of esters is 1. The number of halogens is 1. The first-order valence-corrected chi connectivity index (χ1v) is 7.13. The average Bonchev–Trinajstić information content (AvgIpc) is 2.65. The molecule has 1 heterocycles. The summed E-state index contributed by atoms with van der Waals surface area (Å²) >= 11 is 3.30. The van der Waals surface area contributed by atoms with Crippen molar-refractivity contribution < 1.29 is 9.53 Å². The van der Waals surface area contributed by atoms with E-state index in [4.69, 9.17) is 4.74 Å². The lowest BCUT2D eigenvalue weighted by molar-refractivity contribution is 0.0723. The van der Waals surface area contributed by atoms with Gasteiger partial charge in [-0.15, -0.1) is 21.1 Å². The van der Waals surface area contributed by atoms with E-state index in [9.17, 15) is 4.79 Å². The predicted molar refractivity (Wildman–Crippen MR) is 70.4 cm³/mol. The maximum atomic E-state index is 11.7. The summed E-state index contributed by atoms with van der Waals surface area (Å²) in [6, 6.07) is 6.97. The van der Waals surface area contributed by atoms with Gasteiger partial charge in [0.1, 0.15) is 0 Å². The molecule has 1 atom stereocenters. The molecule has 1 aliphatic rings. The van der Waals surface area contributed by atoms with Crippen molar-refractivity contribution in [3.05, 3.63) is 34.3 Å². The normalized spacial score (nSPS) is 20.6. The van der Waals surface area contributed by atoms with Gasteiger partial charge in [0.25, 0.3) is 5.23 Å². The Balaban J connectivity index is 2.06. The molecule has 0 bridgehead atoms. The first kappa shape index (κ1) is 11.3. The zero-order valence-electron chi connectivity index (χ0n) is 8.42. The second-order valence-electron chi connectivity index (χ2n) is 3.12. The summed E-state index contributed by atoms with van der Waals surface area (Å²) < 4.78 is 6.07. The Morgan fingerprint density at radius 2 is 2.06 bits per heavy atom. The molecule has 1 aliphatic heterocycles. The minimum absolute atomic E-state index is 0.397. The molecule has 1 aromatic rings. The van der Waals surface area contributed by atoms with Crippen LogP contribution in [0.25, 0.3) is 0 Å². The molecular formula is C10H9BrN2O2S. The van der Waals surface area contributed by atoms with Crippen LogP contribution in [0.15, 0.2) is 38.9 Å². The largest absolute Gasteiger partial charge is 0.397 e. The second-order valence-corrected chi connectivity index (χ2v) is 5.87. The number of nitrogens with zero attached hydrogens (tertiary/aromatic N) is 2. The Bertz CT molecular complexity index is 470. The van der Waals surface area contributed by atoms with Crippen LogP contribution in [0.3, 0.4) is 0 Å². The summed E-state index contributed by atoms with van der Waals surface area (Å²) in [4.78, 5) is 11.7. The van der Waals surface area contributed by atoms with Crippen LogP contribution in [-0.4, -0.2) is 23.0 Å². The minimum atomic E-state index is -0.652. The number of hydrogen-bond acceptors (Lipinski definition) is 4. The maximum Gasteiger partial charge on any atom is 0.345 e. The van der Waals surface area contributed by atoms with Crippen molar-refractivity contribution in [2.75, 3.05) is 6.26 Å². The summed E-state index contributed by atoms with van der Waals surface area (Å²) in [7, 11) is -0.652. The summed E-state index contributed by atoms with van der Waals surface area (Å²) in [5.41, 5.74) is 2.20. The van der Waals surface area contributed by atoms with Crippen molar-refractivity contribution in [2.45, 2.75) is 0 Å². The Kier molecular flexibility index (Phi) is 3.40. The van der Waals surface area contributed by atoms with Gasteiger partial charge >= 0.3 is 5.97 Å². The second kappa shape index (κ2) is 4.80. The van der Waals surface area contributed by atoms with Crippen LogP contribution in [0.5, 0.6) is 0 Å². The lowest BCUT2D eigenvalue weighted by Gasteiger charge is -2.08. The molecule has 1 unspecified atom stereocenters. The standard InChI is InChI=1S/C10H9BrN2O2S/c1-16-6-12-13-10(16)15-9(14)7-2-4-8(11)5-3-7/h2-6,16H,1H3. The van der Waals surface area contributed by atoms with E-state index in [-0.39, 0.29) is 0 Å². The number of carbonyl (C=O) groups is 1. The van der Waals surface area contributed by atoms with E-state index in [1.807, 2.05) is 6.26 Å². The van der Waals surface area contributed by atoms with Gasteiger partial charge in [-0.1, -0.05) is 15.9 Å². The zero-order valence-corrected chi connectivity index (χ0v) is 10.9. The van der Waals surface area contributed by atoms with Gasteiger partial charge < -0.3 is 4.74 Å². The smallest absolute Gasteiger partial charge is 0.345 e. The highest BCUT2D eigenvalue weighted by molar-refractivity contribution is 9.10. The van der Waals surface area contributed by atoms with Crippen LogP contribution >= 0.6 is 26.8 Å². The third-order valence-corrected chi connectivity index (χ3v) is 3.70. The van der Waals surface area contributed by atoms with E-state index in [2.05, 4.69) is 26.1 Å². The number of benzene rings is 1. The minimum Gasteiger partial charge on any atom is -0.397 e. The molecule has 0 N–H and O–H groups in total. The molecule has 0 radical (unpaired) electrons. The molecule has 0 saturated carbocycles. The Labute approximate surface area is 104 Å². The fourth-order valence-corrected chi connectivity index (χ4v) is 2.08. The highest BCUT2D eigenvalue weighted by Gasteiger charge is 2.16. The van der Waals surface area contributed by atoms with Gasteiger partial charge in [-0.2, -0.15) is 0 Å².